The summed E-state index contributed by atoms with van der Waals surface area (Å²) in [5.74, 6) is 0. The Kier molecular flexibility index (Phi) is 4.25. The molecule has 1 heterocycles. The molecule has 0 N–H and O–H groups in total. The molecule has 1 saturated heterocycles. The minimum Gasteiger partial charge on any atom is 1.00 e. The fourth-order valence-electron chi connectivity index (χ4n) is 0.0189. The molecule has 1 aliphatic heterocycles. The van der Waals surface area contributed by atoms with Crippen molar-refractivity contribution in [1.29, 1.82) is 0 Å². The van der Waals surface area contributed by atoms with Crippen molar-refractivity contribution < 1.29 is 45.8 Å². The average molecular weight is 282 g/mol. The molecule has 0 bridgehead atoms. The maximum Gasteiger partial charge on any atom is 1.00 e. The summed E-state index contributed by atoms with van der Waals surface area (Å²) in [5.41, 5.74) is 0. The Morgan fingerprint density at radius 1 is 1.40 bits per heavy atom. The summed E-state index contributed by atoms with van der Waals surface area (Å²) in [5, 5.41) is 0. The van der Waals surface area contributed by atoms with Crippen LogP contribution in [-0.4, -0.2) is 0 Å². The Hall–Kier alpha value is 1.98. The van der Waals surface area contributed by atoms with Gasteiger partial charge in [-0.25, -0.2) is 0 Å². The van der Waals surface area contributed by atoms with E-state index in [1.165, 1.54) is 9.62 Å². The van der Waals surface area contributed by atoms with Crippen molar-refractivity contribution in [2.45, 2.75) is 9.62 Å². The fourth-order valence-corrected chi connectivity index (χ4v) is 3.80. The van der Waals surface area contributed by atoms with Crippen LogP contribution in [0.3, 0.4) is 0 Å². The zero-order chi connectivity index (χ0) is 2.99. The second-order valence-electron chi connectivity index (χ2n) is 0.643. The first-order chi connectivity index (χ1) is 1.89. The van der Waals surface area contributed by atoms with Gasteiger partial charge in [-0.05, 0) is 0 Å². The van der Waals surface area contributed by atoms with Gasteiger partial charge in [0.25, 0.3) is 0 Å². The predicted molar refractivity (Wildman–Crippen MR) is 15.5 cm³/mol. The molecule has 0 aromatic carbocycles. The van der Waals surface area contributed by atoms with E-state index >= 15 is 0 Å². The first kappa shape index (κ1) is 6.98. The normalized spacial score (nSPS) is 24.6. The van der Waals surface area contributed by atoms with Crippen LogP contribution in [0, 0.1) is 0 Å². The first-order valence-electron chi connectivity index (χ1n) is 1.07. The van der Waals surface area contributed by atoms with E-state index in [-0.39, 0.29) is 29.6 Å². The maximum absolute atomic E-state index is 5.54. The van der Waals surface area contributed by atoms with Gasteiger partial charge in [-0.2, -0.15) is 0 Å². The summed E-state index contributed by atoms with van der Waals surface area (Å²) >= 11 is -0.546. The van der Waals surface area contributed by atoms with Gasteiger partial charge >= 0.3 is 64.9 Å². The second kappa shape index (κ2) is 3.04. The smallest absolute Gasteiger partial charge is 1.00 e. The second-order valence-corrected chi connectivity index (χ2v) is 8.03. The van der Waals surface area contributed by atoms with E-state index in [4.69, 9.17) is 9.42 Å². The molecule has 0 saturated carbocycles. The molecule has 0 aromatic heterocycles. The fraction of sp³-hybridized carbons (Fsp3) is 1.00. The third kappa shape index (κ3) is 3.82. The molecule has 1 rings (SSSR count). The SMILES string of the molecule is [Cl][Pt-]1[CH2][CH2]1.[Na+]. The van der Waals surface area contributed by atoms with Gasteiger partial charge in [0.15, 0.2) is 0 Å². The molecular formula is C2H4ClNaPt. The van der Waals surface area contributed by atoms with Crippen molar-refractivity contribution in [3.8, 4) is 0 Å². The Bertz CT molecular complexity index is 28.8. The third-order valence-corrected chi connectivity index (χ3v) is 4.23. The maximum atomic E-state index is 5.54. The molecule has 0 nitrogen and oxygen atoms in total. The molecule has 0 aromatic rings. The summed E-state index contributed by atoms with van der Waals surface area (Å²) in [7, 11) is 5.54. The van der Waals surface area contributed by atoms with E-state index in [0.717, 1.165) is 0 Å². The molecule has 0 amide bonds. The van der Waals surface area contributed by atoms with Crippen LogP contribution in [0.15, 0.2) is 0 Å². The average Bonchev–Trinajstić information content (AvgIpc) is 1.75. The molecule has 3 heteroatoms. The van der Waals surface area contributed by atoms with Crippen molar-refractivity contribution in [3.63, 3.8) is 0 Å². The van der Waals surface area contributed by atoms with Crippen LogP contribution in [0.1, 0.15) is 0 Å². The number of halogens is 1. The van der Waals surface area contributed by atoms with E-state index in [9.17, 15) is 0 Å². The molecule has 0 unspecified atom stereocenters. The monoisotopic (exact) mass is 281 g/mol. The number of hydrogen-bond acceptors (Lipinski definition) is 0. The Labute approximate surface area is 64.0 Å². The molecule has 1 fully saturated rings. The number of rotatable bonds is 0. The van der Waals surface area contributed by atoms with Gasteiger partial charge in [0, 0.05) is 0 Å². The molecule has 1 aliphatic rings. The van der Waals surface area contributed by atoms with Gasteiger partial charge in [0.1, 0.15) is 0 Å². The summed E-state index contributed by atoms with van der Waals surface area (Å²) in [4.78, 5) is 2.82. The van der Waals surface area contributed by atoms with Gasteiger partial charge in [-0.3, -0.25) is 0 Å². The van der Waals surface area contributed by atoms with Crippen molar-refractivity contribution in [2.75, 3.05) is 0 Å². The third-order valence-electron chi connectivity index (χ3n) is 0.278. The minimum absolute atomic E-state index is 0. The van der Waals surface area contributed by atoms with Crippen LogP contribution >= 0.6 is 9.42 Å². The number of hydrogen-bond donors (Lipinski definition) is 0. The van der Waals surface area contributed by atoms with Crippen LogP contribution in [0.2, 0.25) is 9.62 Å². The predicted octanol–water partition coefficient (Wildman–Crippen LogP) is -1.39. The van der Waals surface area contributed by atoms with Crippen molar-refractivity contribution in [1.82, 2.24) is 0 Å². The zero-order valence-corrected chi connectivity index (χ0v) is 8.14. The van der Waals surface area contributed by atoms with Gasteiger partial charge < -0.3 is 0 Å². The Morgan fingerprint density at radius 2 is 1.60 bits per heavy atom. The van der Waals surface area contributed by atoms with Crippen LogP contribution in [0.5, 0.6) is 0 Å². The van der Waals surface area contributed by atoms with Gasteiger partial charge in [0.2, 0.25) is 0 Å². The molecule has 0 spiro atoms. The van der Waals surface area contributed by atoms with Crippen molar-refractivity contribution in [3.05, 3.63) is 0 Å². The van der Waals surface area contributed by atoms with Gasteiger partial charge in [-0.1, -0.05) is 0 Å². The van der Waals surface area contributed by atoms with Crippen LogP contribution in [0.4, 0.5) is 0 Å². The van der Waals surface area contributed by atoms with E-state index in [1.807, 2.05) is 0 Å². The van der Waals surface area contributed by atoms with Crippen LogP contribution < -0.4 is 29.6 Å². The van der Waals surface area contributed by atoms with Crippen LogP contribution in [-0.2, 0) is 16.3 Å². The minimum atomic E-state index is -0.546. The van der Waals surface area contributed by atoms with E-state index < -0.39 is 16.3 Å². The first-order valence-corrected chi connectivity index (χ1v) is 7.10. The quantitative estimate of drug-likeness (QED) is 0.480. The van der Waals surface area contributed by atoms with Gasteiger partial charge in [-0.15, -0.1) is 0 Å². The summed E-state index contributed by atoms with van der Waals surface area (Å²) in [6.07, 6.45) is 0. The molecule has 5 heavy (non-hydrogen) atoms. The topological polar surface area (TPSA) is 0 Å². The Balaban J connectivity index is 0.000000160. The largest absolute Gasteiger partial charge is 1.00 e. The molecular weight excluding hydrogens is 278 g/mol. The van der Waals surface area contributed by atoms with E-state index in [0.29, 0.717) is 0 Å². The van der Waals surface area contributed by atoms with Crippen molar-refractivity contribution >= 4 is 9.42 Å². The van der Waals surface area contributed by atoms with Gasteiger partial charge in [0.05, 0.1) is 0 Å². The molecule has 0 radical (unpaired) electrons. The summed E-state index contributed by atoms with van der Waals surface area (Å²) < 4.78 is 0. The Morgan fingerprint density at radius 3 is 1.60 bits per heavy atom. The molecule has 0 aliphatic carbocycles. The molecule has 30 valence electrons. The van der Waals surface area contributed by atoms with Crippen LogP contribution in [0.25, 0.3) is 0 Å². The van der Waals surface area contributed by atoms with E-state index in [1.54, 1.807) is 0 Å². The summed E-state index contributed by atoms with van der Waals surface area (Å²) in [6.45, 7) is 0. The van der Waals surface area contributed by atoms with E-state index in [2.05, 4.69) is 0 Å². The van der Waals surface area contributed by atoms with Crippen molar-refractivity contribution in [2.24, 2.45) is 0 Å². The molecule has 0 atom stereocenters. The zero-order valence-electron chi connectivity index (χ0n) is 3.11. The summed E-state index contributed by atoms with van der Waals surface area (Å²) in [6, 6.07) is 0. The standard InChI is InChI=1S/C2H4.ClH.Na.Pt/c1-2;;;/h1-2H2;1H;;/q;;+1;/p-1.